The van der Waals surface area contributed by atoms with Crippen LogP contribution in [0.15, 0.2) is 24.3 Å². The first-order chi connectivity index (χ1) is 9.27. The quantitative estimate of drug-likeness (QED) is 0.906. The Morgan fingerprint density at radius 1 is 1.25 bits per heavy atom. The highest BCUT2D eigenvalue weighted by Crippen LogP contribution is 2.37. The number of hydrogen-bond donors (Lipinski definition) is 1. The van der Waals surface area contributed by atoms with Gasteiger partial charge in [0.05, 0.1) is 6.10 Å². The minimum Gasteiger partial charge on any atom is -0.491 e. The zero-order chi connectivity index (χ0) is 14.9. The molecule has 0 fully saturated rings. The summed E-state index contributed by atoms with van der Waals surface area (Å²) in [5.41, 5.74) is 8.02. The number of benzene rings is 1. The van der Waals surface area contributed by atoms with Gasteiger partial charge in [-0.3, -0.25) is 0 Å². The molecule has 1 aromatic carbocycles. The fourth-order valence-electron chi connectivity index (χ4n) is 1.85. The Labute approximate surface area is 124 Å². The summed E-state index contributed by atoms with van der Waals surface area (Å²) in [5.74, 6) is 0.849. The largest absolute Gasteiger partial charge is 0.491 e. The maximum atomic E-state index is 6.14. The third-order valence-corrected chi connectivity index (χ3v) is 4.08. The van der Waals surface area contributed by atoms with Crippen LogP contribution in [-0.2, 0) is 5.41 Å². The van der Waals surface area contributed by atoms with Crippen LogP contribution in [0.4, 0.5) is 5.00 Å². The van der Waals surface area contributed by atoms with Crippen molar-refractivity contribution in [2.45, 2.75) is 46.1 Å². The van der Waals surface area contributed by atoms with Crippen LogP contribution in [0.25, 0.3) is 11.3 Å². The number of rotatable bonds is 3. The van der Waals surface area contributed by atoms with Gasteiger partial charge in [0.2, 0.25) is 0 Å². The highest BCUT2D eigenvalue weighted by molar-refractivity contribution is 7.16. The van der Waals surface area contributed by atoms with Gasteiger partial charge >= 0.3 is 0 Å². The second kappa shape index (κ2) is 5.44. The zero-order valence-corrected chi connectivity index (χ0v) is 13.5. The summed E-state index contributed by atoms with van der Waals surface area (Å²) in [6.45, 7) is 10.5. The van der Waals surface area contributed by atoms with E-state index in [0.717, 1.165) is 27.0 Å². The Hall–Kier alpha value is -1.55. The van der Waals surface area contributed by atoms with Crippen molar-refractivity contribution < 1.29 is 4.74 Å². The molecule has 3 nitrogen and oxygen atoms in total. The fourth-order valence-corrected chi connectivity index (χ4v) is 2.76. The lowest BCUT2D eigenvalue weighted by atomic mass is 9.98. The molecule has 0 aliphatic carbocycles. The van der Waals surface area contributed by atoms with Crippen LogP contribution < -0.4 is 10.5 Å². The van der Waals surface area contributed by atoms with E-state index in [1.54, 1.807) is 11.3 Å². The normalized spacial score (nSPS) is 11.9. The molecule has 0 saturated heterocycles. The molecule has 0 bridgehead atoms. The molecule has 0 aliphatic rings. The first kappa shape index (κ1) is 14.9. The summed E-state index contributed by atoms with van der Waals surface area (Å²) in [6, 6.07) is 7.95. The Bertz CT molecular complexity index is 597. The SMILES string of the molecule is CC(C)Oc1cccc(-c2nc(C(C)(C)C)sc2N)c1. The number of thiazole rings is 1. The number of anilines is 1. The van der Waals surface area contributed by atoms with Crippen molar-refractivity contribution in [1.29, 1.82) is 0 Å². The Kier molecular flexibility index (Phi) is 4.04. The molecule has 0 spiro atoms. The molecule has 1 aromatic heterocycles. The molecule has 2 rings (SSSR count). The number of aromatic nitrogens is 1. The first-order valence-corrected chi connectivity index (χ1v) is 7.63. The summed E-state index contributed by atoms with van der Waals surface area (Å²) in [6.07, 6.45) is 0.156. The van der Waals surface area contributed by atoms with E-state index in [1.807, 2.05) is 38.1 Å². The lowest BCUT2D eigenvalue weighted by molar-refractivity contribution is 0.242. The van der Waals surface area contributed by atoms with Crippen LogP contribution in [0.1, 0.15) is 39.6 Å². The maximum Gasteiger partial charge on any atom is 0.120 e. The average molecular weight is 290 g/mol. The van der Waals surface area contributed by atoms with Gasteiger partial charge in [0.15, 0.2) is 0 Å². The summed E-state index contributed by atoms with van der Waals surface area (Å²) in [5, 5.41) is 1.82. The number of nitrogen functional groups attached to an aromatic ring is 1. The molecule has 0 amide bonds. The van der Waals surface area contributed by atoms with Crippen molar-refractivity contribution in [1.82, 2.24) is 4.98 Å². The maximum absolute atomic E-state index is 6.14. The van der Waals surface area contributed by atoms with Gasteiger partial charge in [-0.25, -0.2) is 4.98 Å². The van der Waals surface area contributed by atoms with E-state index in [4.69, 9.17) is 15.5 Å². The predicted octanol–water partition coefficient (Wildman–Crippen LogP) is 4.48. The van der Waals surface area contributed by atoms with Gasteiger partial charge in [-0.2, -0.15) is 0 Å². The number of ether oxygens (including phenoxy) is 1. The highest BCUT2D eigenvalue weighted by atomic mass is 32.1. The van der Waals surface area contributed by atoms with Crippen molar-refractivity contribution in [2.24, 2.45) is 0 Å². The van der Waals surface area contributed by atoms with E-state index < -0.39 is 0 Å². The van der Waals surface area contributed by atoms with Gasteiger partial charge in [-0.15, -0.1) is 11.3 Å². The minimum atomic E-state index is 0.0169. The minimum absolute atomic E-state index is 0.0169. The molecular formula is C16H22N2OS. The topological polar surface area (TPSA) is 48.1 Å². The molecule has 0 saturated carbocycles. The van der Waals surface area contributed by atoms with Crippen molar-refractivity contribution >= 4 is 16.3 Å². The van der Waals surface area contributed by atoms with Gasteiger partial charge < -0.3 is 10.5 Å². The molecule has 0 radical (unpaired) electrons. The monoisotopic (exact) mass is 290 g/mol. The van der Waals surface area contributed by atoms with Crippen LogP contribution >= 0.6 is 11.3 Å². The molecule has 20 heavy (non-hydrogen) atoms. The molecule has 1 heterocycles. The number of nitrogens with two attached hydrogens (primary N) is 1. The molecule has 0 unspecified atom stereocenters. The molecule has 0 aliphatic heterocycles. The molecule has 108 valence electrons. The van der Waals surface area contributed by atoms with Crippen LogP contribution in [0.5, 0.6) is 5.75 Å². The number of nitrogens with zero attached hydrogens (tertiary/aromatic N) is 1. The standard InChI is InChI=1S/C16H22N2OS/c1-10(2)19-12-8-6-7-11(9-12)13-14(17)20-15(18-13)16(3,4)5/h6-10H,17H2,1-5H3. The van der Waals surface area contributed by atoms with Crippen LogP contribution in [0.2, 0.25) is 0 Å². The van der Waals surface area contributed by atoms with Crippen molar-refractivity contribution in [3.8, 4) is 17.0 Å². The lowest BCUT2D eigenvalue weighted by Crippen LogP contribution is -2.10. The van der Waals surface area contributed by atoms with E-state index >= 15 is 0 Å². The van der Waals surface area contributed by atoms with E-state index in [0.29, 0.717) is 0 Å². The molecular weight excluding hydrogens is 268 g/mol. The van der Waals surface area contributed by atoms with E-state index in [9.17, 15) is 0 Å². The Morgan fingerprint density at radius 3 is 2.50 bits per heavy atom. The fraction of sp³-hybridized carbons (Fsp3) is 0.438. The smallest absolute Gasteiger partial charge is 0.120 e. The summed E-state index contributed by atoms with van der Waals surface area (Å²) < 4.78 is 5.73. The molecule has 2 N–H and O–H groups in total. The summed E-state index contributed by atoms with van der Waals surface area (Å²) in [7, 11) is 0. The van der Waals surface area contributed by atoms with Crippen molar-refractivity contribution in [2.75, 3.05) is 5.73 Å². The molecule has 0 atom stereocenters. The second-order valence-electron chi connectivity index (χ2n) is 6.18. The predicted molar refractivity (Wildman–Crippen MR) is 86.4 cm³/mol. The molecule has 2 aromatic rings. The summed E-state index contributed by atoms with van der Waals surface area (Å²) in [4.78, 5) is 4.71. The van der Waals surface area contributed by atoms with Crippen LogP contribution in [-0.4, -0.2) is 11.1 Å². The van der Waals surface area contributed by atoms with Gasteiger partial charge in [-0.1, -0.05) is 32.9 Å². The Balaban J connectivity index is 2.39. The third kappa shape index (κ3) is 3.31. The van der Waals surface area contributed by atoms with Crippen LogP contribution in [0, 0.1) is 0 Å². The highest BCUT2D eigenvalue weighted by Gasteiger charge is 2.21. The molecule has 4 heteroatoms. The zero-order valence-electron chi connectivity index (χ0n) is 12.7. The van der Waals surface area contributed by atoms with Gasteiger partial charge in [-0.05, 0) is 26.0 Å². The average Bonchev–Trinajstić information content (AvgIpc) is 2.70. The van der Waals surface area contributed by atoms with Gasteiger partial charge in [0.25, 0.3) is 0 Å². The van der Waals surface area contributed by atoms with E-state index in [-0.39, 0.29) is 11.5 Å². The lowest BCUT2D eigenvalue weighted by Gasteiger charge is -2.13. The second-order valence-corrected chi connectivity index (χ2v) is 7.21. The van der Waals surface area contributed by atoms with Crippen LogP contribution in [0.3, 0.4) is 0 Å². The summed E-state index contributed by atoms with van der Waals surface area (Å²) >= 11 is 1.56. The van der Waals surface area contributed by atoms with Crippen molar-refractivity contribution in [3.05, 3.63) is 29.3 Å². The van der Waals surface area contributed by atoms with Crippen molar-refractivity contribution in [3.63, 3.8) is 0 Å². The first-order valence-electron chi connectivity index (χ1n) is 6.81. The Morgan fingerprint density at radius 2 is 1.95 bits per heavy atom. The van der Waals surface area contributed by atoms with Gasteiger partial charge in [0.1, 0.15) is 21.5 Å². The van der Waals surface area contributed by atoms with Gasteiger partial charge in [0, 0.05) is 11.0 Å². The number of hydrogen-bond acceptors (Lipinski definition) is 4. The third-order valence-electron chi connectivity index (χ3n) is 2.77. The van der Waals surface area contributed by atoms with E-state index in [1.165, 1.54) is 0 Å². The van der Waals surface area contributed by atoms with E-state index in [2.05, 4.69) is 20.8 Å².